The molecule has 3 rings (SSSR count). The van der Waals surface area contributed by atoms with Gasteiger partial charge in [0.1, 0.15) is 5.82 Å². The lowest BCUT2D eigenvalue weighted by Gasteiger charge is -2.32. The Morgan fingerprint density at radius 2 is 2.00 bits per heavy atom. The molecule has 0 aliphatic carbocycles. The van der Waals surface area contributed by atoms with Crippen molar-refractivity contribution >= 4 is 17.7 Å². The molecule has 122 valence electrons. The quantitative estimate of drug-likeness (QED) is 0.783. The van der Waals surface area contributed by atoms with Crippen LogP contribution in [-0.4, -0.2) is 69.5 Å². The smallest absolute Gasteiger partial charge is 0.236 e. The number of piperidine rings is 1. The van der Waals surface area contributed by atoms with Crippen LogP contribution in [-0.2, 0) is 11.8 Å². The van der Waals surface area contributed by atoms with E-state index in [-0.39, 0.29) is 0 Å². The van der Waals surface area contributed by atoms with Crippen LogP contribution in [0.25, 0.3) is 0 Å². The minimum Gasteiger partial charge on any atom is -0.342 e. The third kappa shape index (κ3) is 3.30. The molecule has 1 aromatic heterocycles. The van der Waals surface area contributed by atoms with Gasteiger partial charge in [0.2, 0.25) is 5.91 Å². The van der Waals surface area contributed by atoms with E-state index in [1.807, 2.05) is 18.2 Å². The van der Waals surface area contributed by atoms with E-state index in [9.17, 15) is 4.79 Å². The van der Waals surface area contributed by atoms with Crippen LogP contribution in [0, 0.1) is 0 Å². The summed E-state index contributed by atoms with van der Waals surface area (Å²) in [6.07, 6.45) is 6.60. The number of thioether (sulfide) groups is 1. The van der Waals surface area contributed by atoms with Crippen LogP contribution in [0.3, 0.4) is 0 Å². The van der Waals surface area contributed by atoms with Crippen molar-refractivity contribution < 1.29 is 4.79 Å². The molecule has 6 nitrogen and oxygen atoms in total. The van der Waals surface area contributed by atoms with Gasteiger partial charge in [-0.1, -0.05) is 11.8 Å². The van der Waals surface area contributed by atoms with Crippen molar-refractivity contribution in [3.8, 4) is 0 Å². The summed E-state index contributed by atoms with van der Waals surface area (Å²) in [5.74, 6) is 1.74. The number of carbonyl (C=O) groups is 1. The molecule has 0 unspecified atom stereocenters. The molecule has 2 aliphatic heterocycles. The Bertz CT molecular complexity index is 526. The molecule has 0 spiro atoms. The maximum absolute atomic E-state index is 12.3. The second kappa shape index (κ2) is 7.00. The SMILES string of the molecule is CSc1nnc([C@@H]2CCCN(CC(=O)N3CCCC3)C2)n1C. The molecule has 2 aliphatic rings. The van der Waals surface area contributed by atoms with Gasteiger partial charge in [-0.3, -0.25) is 9.69 Å². The van der Waals surface area contributed by atoms with Crippen LogP contribution in [0.2, 0.25) is 0 Å². The van der Waals surface area contributed by atoms with Crippen LogP contribution in [0.5, 0.6) is 0 Å². The Hall–Kier alpha value is -1.08. The number of carbonyl (C=O) groups excluding carboxylic acids is 1. The van der Waals surface area contributed by atoms with Crippen LogP contribution in [0.1, 0.15) is 37.4 Å². The van der Waals surface area contributed by atoms with E-state index in [4.69, 9.17) is 0 Å². The highest BCUT2D eigenvalue weighted by molar-refractivity contribution is 7.98. The van der Waals surface area contributed by atoms with E-state index < -0.39 is 0 Å². The predicted molar refractivity (Wildman–Crippen MR) is 87.0 cm³/mol. The minimum atomic E-state index is 0.293. The summed E-state index contributed by atoms with van der Waals surface area (Å²) in [5.41, 5.74) is 0. The van der Waals surface area contributed by atoms with Crippen LogP contribution >= 0.6 is 11.8 Å². The number of rotatable bonds is 4. The molecule has 2 saturated heterocycles. The molecule has 0 bridgehead atoms. The number of aromatic nitrogens is 3. The van der Waals surface area contributed by atoms with Gasteiger partial charge in [-0.2, -0.15) is 0 Å². The second-order valence-electron chi connectivity index (χ2n) is 6.27. The zero-order chi connectivity index (χ0) is 15.5. The Kier molecular flexibility index (Phi) is 5.03. The van der Waals surface area contributed by atoms with Gasteiger partial charge in [0, 0.05) is 32.6 Å². The van der Waals surface area contributed by atoms with Crippen molar-refractivity contribution in [3.63, 3.8) is 0 Å². The molecule has 1 amide bonds. The first kappa shape index (κ1) is 15.8. The van der Waals surface area contributed by atoms with Crippen LogP contribution in [0.4, 0.5) is 0 Å². The average molecular weight is 323 g/mol. The standard InChI is InChI=1S/C15H25N5OS/c1-18-14(16-17-15(18)22-2)12-6-5-7-19(10-12)11-13(21)20-8-3-4-9-20/h12H,3-11H2,1-2H3/t12-/m1/s1. The number of hydrogen-bond donors (Lipinski definition) is 0. The lowest BCUT2D eigenvalue weighted by Crippen LogP contribution is -2.43. The van der Waals surface area contributed by atoms with Gasteiger partial charge < -0.3 is 9.47 Å². The van der Waals surface area contributed by atoms with E-state index in [0.29, 0.717) is 18.4 Å². The number of amides is 1. The van der Waals surface area contributed by atoms with E-state index in [0.717, 1.165) is 62.8 Å². The van der Waals surface area contributed by atoms with Gasteiger partial charge in [0.15, 0.2) is 5.16 Å². The third-order valence-electron chi connectivity index (χ3n) is 4.74. The summed E-state index contributed by atoms with van der Waals surface area (Å²) < 4.78 is 2.10. The predicted octanol–water partition coefficient (Wildman–Crippen LogP) is 1.34. The van der Waals surface area contributed by atoms with Crippen LogP contribution in [0.15, 0.2) is 5.16 Å². The Balaban J connectivity index is 1.61. The maximum atomic E-state index is 12.3. The first-order chi connectivity index (χ1) is 10.7. The van der Waals surface area contributed by atoms with Crippen molar-refractivity contribution in [1.82, 2.24) is 24.6 Å². The topological polar surface area (TPSA) is 54.3 Å². The highest BCUT2D eigenvalue weighted by Crippen LogP contribution is 2.27. The molecule has 0 saturated carbocycles. The van der Waals surface area contributed by atoms with E-state index in [2.05, 4.69) is 19.7 Å². The van der Waals surface area contributed by atoms with Gasteiger partial charge >= 0.3 is 0 Å². The van der Waals surface area contributed by atoms with Gasteiger partial charge in [-0.15, -0.1) is 10.2 Å². The fourth-order valence-corrected chi connectivity index (χ4v) is 4.02. The summed E-state index contributed by atoms with van der Waals surface area (Å²) in [4.78, 5) is 16.6. The third-order valence-corrected chi connectivity index (χ3v) is 5.46. The van der Waals surface area contributed by atoms with Crippen molar-refractivity contribution in [2.75, 3.05) is 39.0 Å². The molecule has 1 aromatic rings. The molecule has 2 fully saturated rings. The normalized spacial score (nSPS) is 23.2. The van der Waals surface area contributed by atoms with E-state index in [1.165, 1.54) is 0 Å². The first-order valence-electron chi connectivity index (χ1n) is 8.12. The minimum absolute atomic E-state index is 0.293. The van der Waals surface area contributed by atoms with Crippen molar-refractivity contribution in [3.05, 3.63) is 5.82 Å². The van der Waals surface area contributed by atoms with E-state index >= 15 is 0 Å². The maximum Gasteiger partial charge on any atom is 0.236 e. The van der Waals surface area contributed by atoms with Gasteiger partial charge in [-0.05, 0) is 38.5 Å². The highest BCUT2D eigenvalue weighted by atomic mass is 32.2. The Morgan fingerprint density at radius 1 is 1.23 bits per heavy atom. The largest absolute Gasteiger partial charge is 0.342 e. The van der Waals surface area contributed by atoms with E-state index in [1.54, 1.807) is 11.8 Å². The Morgan fingerprint density at radius 3 is 2.68 bits per heavy atom. The highest BCUT2D eigenvalue weighted by Gasteiger charge is 2.28. The molecule has 1 atom stereocenters. The fraction of sp³-hybridized carbons (Fsp3) is 0.800. The molecule has 0 aromatic carbocycles. The monoisotopic (exact) mass is 323 g/mol. The van der Waals surface area contributed by atoms with Crippen molar-refractivity contribution in [2.24, 2.45) is 7.05 Å². The first-order valence-corrected chi connectivity index (χ1v) is 9.35. The van der Waals surface area contributed by atoms with Gasteiger partial charge in [0.05, 0.1) is 6.54 Å². The summed E-state index contributed by atoms with van der Waals surface area (Å²) in [6, 6.07) is 0. The molecular weight excluding hydrogens is 298 g/mol. The van der Waals surface area contributed by atoms with Crippen molar-refractivity contribution in [1.29, 1.82) is 0 Å². The molecule has 0 N–H and O–H groups in total. The van der Waals surface area contributed by atoms with Crippen molar-refractivity contribution in [2.45, 2.75) is 36.8 Å². The Labute approximate surface area is 136 Å². The van der Waals surface area contributed by atoms with Gasteiger partial charge in [-0.25, -0.2) is 0 Å². The number of nitrogens with zero attached hydrogens (tertiary/aromatic N) is 5. The molecular formula is C15H25N5OS. The zero-order valence-electron chi connectivity index (χ0n) is 13.5. The van der Waals surface area contributed by atoms with Gasteiger partial charge in [0.25, 0.3) is 0 Å². The summed E-state index contributed by atoms with van der Waals surface area (Å²) >= 11 is 1.62. The molecule has 22 heavy (non-hydrogen) atoms. The molecule has 0 radical (unpaired) electrons. The second-order valence-corrected chi connectivity index (χ2v) is 7.04. The zero-order valence-corrected chi connectivity index (χ0v) is 14.3. The van der Waals surface area contributed by atoms with Crippen LogP contribution < -0.4 is 0 Å². The fourth-order valence-electron chi connectivity index (χ4n) is 3.53. The number of hydrogen-bond acceptors (Lipinski definition) is 5. The lowest BCUT2D eigenvalue weighted by molar-refractivity contribution is -0.131. The molecule has 3 heterocycles. The number of likely N-dealkylation sites (tertiary alicyclic amines) is 2. The summed E-state index contributed by atoms with van der Waals surface area (Å²) in [7, 11) is 2.04. The average Bonchev–Trinajstić information content (AvgIpc) is 3.17. The lowest BCUT2D eigenvalue weighted by atomic mass is 9.97. The summed E-state index contributed by atoms with van der Waals surface area (Å²) in [5, 5.41) is 9.57. The summed E-state index contributed by atoms with van der Waals surface area (Å²) in [6.45, 7) is 4.37. The molecule has 7 heteroatoms.